The van der Waals surface area contributed by atoms with Crippen LogP contribution in [0.3, 0.4) is 0 Å². The van der Waals surface area contributed by atoms with E-state index in [0.717, 1.165) is 43.9 Å². The van der Waals surface area contributed by atoms with Gasteiger partial charge in [0.05, 0.1) is 16.8 Å². The van der Waals surface area contributed by atoms with Crippen LogP contribution in [0.15, 0.2) is 36.5 Å². The molecule has 6 heteroatoms. The molecule has 1 spiro atoms. The zero-order chi connectivity index (χ0) is 16.6. The Kier molecular flexibility index (Phi) is 3.76. The summed E-state index contributed by atoms with van der Waals surface area (Å²) in [6, 6.07) is 9.69. The fourth-order valence-electron chi connectivity index (χ4n) is 3.53. The topological polar surface area (TPSA) is 59.4 Å². The lowest BCUT2D eigenvalue weighted by atomic mass is 9.78. The molecule has 1 fully saturated rings. The normalized spacial score (nSPS) is 20.1. The van der Waals surface area contributed by atoms with Gasteiger partial charge in [0.15, 0.2) is 0 Å². The smallest absolute Gasteiger partial charge is 0.234 e. The minimum atomic E-state index is -0.429. The third-order valence-corrected chi connectivity index (χ3v) is 5.24. The van der Waals surface area contributed by atoms with E-state index in [4.69, 9.17) is 4.74 Å². The van der Waals surface area contributed by atoms with E-state index >= 15 is 0 Å². The molecule has 1 saturated heterocycles. The van der Waals surface area contributed by atoms with Gasteiger partial charge in [-0.15, -0.1) is 0 Å². The minimum Gasteiger partial charge on any atom is -0.490 e. The van der Waals surface area contributed by atoms with E-state index in [-0.39, 0.29) is 5.91 Å². The number of para-hydroxylation sites is 2. The first kappa shape index (κ1) is 15.2. The third-order valence-electron chi connectivity index (χ3n) is 5.24. The number of fused-ring (bicyclic) bond motifs is 1. The molecular weight excluding hydrogens is 304 g/mol. The van der Waals surface area contributed by atoms with Crippen LogP contribution < -0.4 is 10.1 Å². The van der Waals surface area contributed by atoms with Gasteiger partial charge in [0.2, 0.25) is 5.91 Å². The van der Waals surface area contributed by atoms with Crippen LogP contribution in [-0.4, -0.2) is 40.3 Å². The van der Waals surface area contributed by atoms with Gasteiger partial charge in [-0.05, 0) is 44.1 Å². The van der Waals surface area contributed by atoms with Crippen molar-refractivity contribution in [3.8, 4) is 5.75 Å². The molecule has 0 aliphatic carbocycles. The molecule has 3 heterocycles. The van der Waals surface area contributed by atoms with Gasteiger partial charge in [0, 0.05) is 19.8 Å². The fraction of sp³-hybridized carbons (Fsp3) is 0.444. The summed E-state index contributed by atoms with van der Waals surface area (Å²) in [6.07, 6.45) is 3.44. The van der Waals surface area contributed by atoms with E-state index in [9.17, 15) is 4.79 Å². The summed E-state index contributed by atoms with van der Waals surface area (Å²) in [5.41, 5.74) is 1.54. The molecule has 2 aliphatic rings. The van der Waals surface area contributed by atoms with Crippen LogP contribution in [0.4, 0.5) is 5.69 Å². The zero-order valence-corrected chi connectivity index (χ0v) is 13.9. The first-order valence-corrected chi connectivity index (χ1v) is 8.39. The number of carbonyl (C=O) groups excluding carboxylic acids is 1. The van der Waals surface area contributed by atoms with Crippen LogP contribution in [0.1, 0.15) is 18.5 Å². The van der Waals surface area contributed by atoms with Gasteiger partial charge in [-0.25, -0.2) is 0 Å². The summed E-state index contributed by atoms with van der Waals surface area (Å²) < 4.78 is 7.86. The molecular formula is C18H22N4O2. The molecule has 24 heavy (non-hydrogen) atoms. The Morgan fingerprint density at radius 3 is 2.79 bits per heavy atom. The van der Waals surface area contributed by atoms with Gasteiger partial charge < -0.3 is 10.1 Å². The van der Waals surface area contributed by atoms with Crippen molar-refractivity contribution in [1.29, 1.82) is 0 Å². The second kappa shape index (κ2) is 5.94. The van der Waals surface area contributed by atoms with Crippen LogP contribution in [0, 0.1) is 5.41 Å². The summed E-state index contributed by atoms with van der Waals surface area (Å²) in [5.74, 6) is 0.854. The average Bonchev–Trinajstić information content (AvgIpc) is 2.94. The number of anilines is 1. The molecule has 2 aromatic rings. The number of hydrogen-bond acceptors (Lipinski definition) is 4. The largest absolute Gasteiger partial charge is 0.490 e. The predicted molar refractivity (Wildman–Crippen MR) is 90.7 cm³/mol. The van der Waals surface area contributed by atoms with Crippen LogP contribution in [0.2, 0.25) is 0 Å². The molecule has 1 aromatic carbocycles. The Labute approximate surface area is 141 Å². The van der Waals surface area contributed by atoms with Crippen molar-refractivity contribution in [2.24, 2.45) is 12.5 Å². The van der Waals surface area contributed by atoms with Crippen molar-refractivity contribution in [1.82, 2.24) is 14.7 Å². The quantitative estimate of drug-likeness (QED) is 0.917. The molecule has 1 aromatic heterocycles. The molecule has 0 saturated carbocycles. The Morgan fingerprint density at radius 1 is 1.25 bits per heavy atom. The maximum absolute atomic E-state index is 12.8. The van der Waals surface area contributed by atoms with Crippen molar-refractivity contribution < 1.29 is 9.53 Å². The molecule has 1 amide bonds. The number of aryl methyl sites for hydroxylation is 1. The number of likely N-dealkylation sites (tertiary alicyclic amines) is 1. The lowest BCUT2D eigenvalue weighted by Gasteiger charge is -2.39. The van der Waals surface area contributed by atoms with Crippen molar-refractivity contribution >= 4 is 11.6 Å². The van der Waals surface area contributed by atoms with Gasteiger partial charge >= 0.3 is 0 Å². The second-order valence-corrected chi connectivity index (χ2v) is 6.74. The molecule has 2 aliphatic heterocycles. The van der Waals surface area contributed by atoms with Gasteiger partial charge in [-0.3, -0.25) is 14.4 Å². The number of hydrogen-bond donors (Lipinski definition) is 1. The lowest BCUT2D eigenvalue weighted by molar-refractivity contribution is -0.130. The SMILES string of the molecule is Cn1nccc1CN1CCC2(CC1)COc1ccccc1NC2=O. The van der Waals surface area contributed by atoms with Crippen molar-refractivity contribution in [2.75, 3.05) is 25.0 Å². The van der Waals surface area contributed by atoms with E-state index in [1.165, 1.54) is 5.69 Å². The van der Waals surface area contributed by atoms with E-state index in [2.05, 4.69) is 15.3 Å². The first-order chi connectivity index (χ1) is 11.7. The molecule has 1 N–H and O–H groups in total. The van der Waals surface area contributed by atoms with E-state index in [1.54, 1.807) is 0 Å². The summed E-state index contributed by atoms with van der Waals surface area (Å²) >= 11 is 0. The molecule has 4 rings (SSSR count). The first-order valence-electron chi connectivity index (χ1n) is 8.39. The van der Waals surface area contributed by atoms with Gasteiger partial charge in [0.25, 0.3) is 0 Å². The molecule has 0 bridgehead atoms. The number of nitrogens with zero attached hydrogens (tertiary/aromatic N) is 3. The van der Waals surface area contributed by atoms with Crippen LogP contribution >= 0.6 is 0 Å². The van der Waals surface area contributed by atoms with E-state index in [1.807, 2.05) is 48.3 Å². The summed E-state index contributed by atoms with van der Waals surface area (Å²) in [6.45, 7) is 3.10. The van der Waals surface area contributed by atoms with Crippen LogP contribution in [-0.2, 0) is 18.4 Å². The maximum Gasteiger partial charge on any atom is 0.234 e. The number of piperidine rings is 1. The summed E-state index contributed by atoms with van der Waals surface area (Å²) in [4.78, 5) is 15.2. The Bertz CT molecular complexity index is 747. The highest BCUT2D eigenvalue weighted by atomic mass is 16.5. The number of nitrogens with one attached hydrogen (secondary N) is 1. The van der Waals surface area contributed by atoms with Crippen molar-refractivity contribution in [3.05, 3.63) is 42.2 Å². The van der Waals surface area contributed by atoms with Gasteiger partial charge in [-0.2, -0.15) is 5.10 Å². The average molecular weight is 326 g/mol. The summed E-state index contributed by atoms with van der Waals surface area (Å²) in [7, 11) is 1.96. The molecule has 0 unspecified atom stereocenters. The molecule has 0 radical (unpaired) electrons. The molecule has 0 atom stereocenters. The summed E-state index contributed by atoms with van der Waals surface area (Å²) in [5, 5.41) is 7.27. The number of aromatic nitrogens is 2. The second-order valence-electron chi connectivity index (χ2n) is 6.74. The maximum atomic E-state index is 12.8. The Hall–Kier alpha value is -2.34. The number of benzene rings is 1. The Morgan fingerprint density at radius 2 is 2.04 bits per heavy atom. The number of ether oxygens (including phenoxy) is 1. The Balaban J connectivity index is 1.45. The highest BCUT2D eigenvalue weighted by molar-refractivity contribution is 5.97. The van der Waals surface area contributed by atoms with E-state index in [0.29, 0.717) is 6.61 Å². The van der Waals surface area contributed by atoms with Crippen LogP contribution in [0.25, 0.3) is 0 Å². The monoisotopic (exact) mass is 326 g/mol. The number of carbonyl (C=O) groups is 1. The van der Waals surface area contributed by atoms with E-state index < -0.39 is 5.41 Å². The highest BCUT2D eigenvalue weighted by Crippen LogP contribution is 2.38. The van der Waals surface area contributed by atoms with Crippen molar-refractivity contribution in [2.45, 2.75) is 19.4 Å². The van der Waals surface area contributed by atoms with Crippen molar-refractivity contribution in [3.63, 3.8) is 0 Å². The standard InChI is InChI=1S/C18H22N4O2/c1-21-14(6-9-19-21)12-22-10-7-18(8-11-22)13-24-16-5-3-2-4-15(16)20-17(18)23/h2-6,9H,7-8,10-13H2,1H3,(H,20,23). The molecule has 6 nitrogen and oxygen atoms in total. The van der Waals surface area contributed by atoms with Crippen LogP contribution in [0.5, 0.6) is 5.75 Å². The highest BCUT2D eigenvalue weighted by Gasteiger charge is 2.44. The number of rotatable bonds is 2. The number of amides is 1. The third kappa shape index (κ3) is 2.67. The fourth-order valence-corrected chi connectivity index (χ4v) is 3.53. The zero-order valence-electron chi connectivity index (χ0n) is 13.9. The lowest BCUT2D eigenvalue weighted by Crippen LogP contribution is -2.48. The molecule has 126 valence electrons. The predicted octanol–water partition coefficient (Wildman–Crippen LogP) is 2.03. The minimum absolute atomic E-state index is 0.0904. The van der Waals surface area contributed by atoms with Gasteiger partial charge in [-0.1, -0.05) is 12.1 Å². The van der Waals surface area contributed by atoms with Gasteiger partial charge in [0.1, 0.15) is 12.4 Å².